The Labute approximate surface area is 145 Å². The van der Waals surface area contributed by atoms with Crippen LogP contribution in [-0.4, -0.2) is 18.9 Å². The van der Waals surface area contributed by atoms with Crippen molar-refractivity contribution in [3.63, 3.8) is 0 Å². The molecule has 0 saturated carbocycles. The first-order valence-electron chi connectivity index (χ1n) is 7.65. The van der Waals surface area contributed by atoms with E-state index in [0.29, 0.717) is 6.42 Å². The van der Waals surface area contributed by atoms with Crippen LogP contribution in [-0.2, 0) is 20.7 Å². The third-order valence-corrected chi connectivity index (χ3v) is 5.09. The number of carbonyl (C=O) groups is 2. The van der Waals surface area contributed by atoms with Crippen LogP contribution in [0.4, 0.5) is 0 Å². The zero-order valence-electron chi connectivity index (χ0n) is 12.8. The van der Waals surface area contributed by atoms with E-state index < -0.39 is 5.92 Å². The van der Waals surface area contributed by atoms with Gasteiger partial charge >= 0.3 is 5.97 Å². The molecule has 1 unspecified atom stereocenters. The minimum Gasteiger partial charge on any atom is -0.469 e. The van der Waals surface area contributed by atoms with Crippen molar-refractivity contribution in [1.29, 1.82) is 0 Å². The molecule has 1 aromatic carbocycles. The van der Waals surface area contributed by atoms with E-state index in [9.17, 15) is 9.59 Å². The maximum absolute atomic E-state index is 12.4. The van der Waals surface area contributed by atoms with E-state index in [1.807, 2.05) is 30.3 Å². The second-order valence-electron chi connectivity index (χ2n) is 5.62. The van der Waals surface area contributed by atoms with Crippen LogP contribution in [0.3, 0.4) is 0 Å². The molecule has 4 heteroatoms. The second-order valence-corrected chi connectivity index (χ2v) is 6.78. The highest BCUT2D eigenvalue weighted by Crippen LogP contribution is 2.24. The van der Waals surface area contributed by atoms with Gasteiger partial charge in [-0.05, 0) is 71.9 Å². The third kappa shape index (κ3) is 4.66. The maximum Gasteiger partial charge on any atom is 0.309 e. The van der Waals surface area contributed by atoms with Crippen LogP contribution >= 0.6 is 22.6 Å². The van der Waals surface area contributed by atoms with Crippen LogP contribution < -0.4 is 0 Å². The Morgan fingerprint density at radius 1 is 1.27 bits per heavy atom. The Morgan fingerprint density at radius 2 is 2.05 bits per heavy atom. The van der Waals surface area contributed by atoms with Gasteiger partial charge in [0.2, 0.25) is 0 Å². The number of ether oxygens (including phenoxy) is 1. The molecule has 1 atom stereocenters. The highest BCUT2D eigenvalue weighted by atomic mass is 127. The minimum absolute atomic E-state index is 0.0982. The summed E-state index contributed by atoms with van der Waals surface area (Å²) in [5.74, 6) is -0.610. The number of methoxy groups -OCH3 is 1. The van der Waals surface area contributed by atoms with Crippen molar-refractivity contribution in [2.45, 2.75) is 38.5 Å². The lowest BCUT2D eigenvalue weighted by atomic mass is 9.88. The van der Waals surface area contributed by atoms with Crippen molar-refractivity contribution in [1.82, 2.24) is 0 Å². The highest BCUT2D eigenvalue weighted by Gasteiger charge is 2.25. The smallest absolute Gasteiger partial charge is 0.309 e. The average Bonchev–Trinajstić information content (AvgIpc) is 2.56. The van der Waals surface area contributed by atoms with E-state index >= 15 is 0 Å². The molecule has 0 bridgehead atoms. The van der Waals surface area contributed by atoms with E-state index in [4.69, 9.17) is 4.74 Å². The van der Waals surface area contributed by atoms with Crippen LogP contribution in [0.25, 0.3) is 0 Å². The summed E-state index contributed by atoms with van der Waals surface area (Å²) in [6, 6.07) is 7.94. The predicted molar refractivity (Wildman–Crippen MR) is 94.5 cm³/mol. The average molecular weight is 412 g/mol. The van der Waals surface area contributed by atoms with Gasteiger partial charge in [0.15, 0.2) is 5.78 Å². The van der Waals surface area contributed by atoms with Crippen molar-refractivity contribution in [3.05, 3.63) is 45.0 Å². The fraction of sp³-hybridized carbons (Fsp3) is 0.444. The van der Waals surface area contributed by atoms with Gasteiger partial charge in [-0.1, -0.05) is 24.3 Å². The molecule has 3 nitrogen and oxygen atoms in total. The van der Waals surface area contributed by atoms with Gasteiger partial charge in [-0.2, -0.15) is 0 Å². The Bertz CT molecular complexity index is 577. The molecule has 118 valence electrons. The minimum atomic E-state index is -0.406. The van der Waals surface area contributed by atoms with Gasteiger partial charge in [0, 0.05) is 9.99 Å². The standard InChI is InChI=1S/C18H21IO3/c1-22-18(21)15(11-14-9-5-6-10-16(14)19)12-17(20)13-7-3-2-4-8-13/h5-7,9-10,15H,2-4,8,11-12H2,1H3. The fourth-order valence-corrected chi connectivity index (χ4v) is 3.39. The number of Topliss-reactive ketones (excluding diaryl/α,β-unsaturated/α-hetero) is 1. The molecule has 2 rings (SSSR count). The summed E-state index contributed by atoms with van der Waals surface area (Å²) in [6.45, 7) is 0. The summed E-state index contributed by atoms with van der Waals surface area (Å²) in [5, 5.41) is 0. The Morgan fingerprint density at radius 3 is 2.68 bits per heavy atom. The maximum atomic E-state index is 12.4. The summed E-state index contributed by atoms with van der Waals surface area (Å²) >= 11 is 2.26. The molecule has 1 aliphatic rings. The van der Waals surface area contributed by atoms with Crippen LogP contribution in [0.5, 0.6) is 0 Å². The quantitative estimate of drug-likeness (QED) is 0.523. The highest BCUT2D eigenvalue weighted by molar-refractivity contribution is 14.1. The van der Waals surface area contributed by atoms with Gasteiger partial charge in [-0.3, -0.25) is 9.59 Å². The number of carbonyl (C=O) groups excluding carboxylic acids is 2. The number of benzene rings is 1. The van der Waals surface area contributed by atoms with Crippen molar-refractivity contribution in [2.75, 3.05) is 7.11 Å². The van der Waals surface area contributed by atoms with Crippen LogP contribution in [0.2, 0.25) is 0 Å². The number of halogens is 1. The Hall–Kier alpha value is -1.17. The van der Waals surface area contributed by atoms with Gasteiger partial charge in [-0.25, -0.2) is 0 Å². The molecule has 0 N–H and O–H groups in total. The molecule has 0 radical (unpaired) electrons. The van der Waals surface area contributed by atoms with Crippen LogP contribution in [0, 0.1) is 9.49 Å². The van der Waals surface area contributed by atoms with E-state index in [1.165, 1.54) is 7.11 Å². The van der Waals surface area contributed by atoms with Crippen molar-refractivity contribution in [3.8, 4) is 0 Å². The van der Waals surface area contributed by atoms with Crippen LogP contribution in [0.15, 0.2) is 35.9 Å². The summed E-state index contributed by atoms with van der Waals surface area (Å²) in [6.07, 6.45) is 6.85. The van der Waals surface area contributed by atoms with Crippen molar-refractivity contribution >= 4 is 34.3 Å². The first-order valence-corrected chi connectivity index (χ1v) is 8.73. The molecular formula is C18H21IO3. The van der Waals surface area contributed by atoms with Crippen molar-refractivity contribution in [2.24, 2.45) is 5.92 Å². The van der Waals surface area contributed by atoms with Gasteiger partial charge in [-0.15, -0.1) is 0 Å². The van der Waals surface area contributed by atoms with Gasteiger partial charge in [0.05, 0.1) is 13.0 Å². The summed E-state index contributed by atoms with van der Waals surface area (Å²) in [7, 11) is 1.38. The molecule has 0 heterocycles. The molecule has 1 aromatic rings. The number of ketones is 1. The van der Waals surface area contributed by atoms with E-state index in [2.05, 4.69) is 22.6 Å². The molecule has 0 fully saturated rings. The number of allylic oxidation sites excluding steroid dienone is 2. The predicted octanol–water partition coefficient (Wildman–Crippen LogP) is 4.08. The molecule has 1 aliphatic carbocycles. The number of hydrogen-bond acceptors (Lipinski definition) is 3. The van der Waals surface area contributed by atoms with Gasteiger partial charge < -0.3 is 4.74 Å². The molecule has 22 heavy (non-hydrogen) atoms. The Kier molecular flexibility index (Phi) is 6.61. The van der Waals surface area contributed by atoms with E-state index in [0.717, 1.165) is 40.4 Å². The molecule has 0 spiro atoms. The second kappa shape index (κ2) is 8.46. The Balaban J connectivity index is 2.09. The molecular weight excluding hydrogens is 391 g/mol. The molecule has 0 aromatic heterocycles. The van der Waals surface area contributed by atoms with Crippen LogP contribution in [0.1, 0.15) is 37.7 Å². The zero-order chi connectivity index (χ0) is 15.9. The van der Waals surface area contributed by atoms with Crippen molar-refractivity contribution < 1.29 is 14.3 Å². The lowest BCUT2D eigenvalue weighted by molar-refractivity contribution is -0.146. The van der Waals surface area contributed by atoms with Gasteiger partial charge in [0.25, 0.3) is 0 Å². The van der Waals surface area contributed by atoms with E-state index in [1.54, 1.807) is 0 Å². The lowest BCUT2D eigenvalue weighted by Crippen LogP contribution is -2.23. The lowest BCUT2D eigenvalue weighted by Gasteiger charge is -2.17. The SMILES string of the molecule is COC(=O)C(CC(=O)C1=CCCCC1)Cc1ccccc1I. The first-order chi connectivity index (χ1) is 10.6. The molecule has 0 amide bonds. The molecule has 0 aliphatic heterocycles. The molecule has 0 saturated heterocycles. The summed E-state index contributed by atoms with van der Waals surface area (Å²) in [5.41, 5.74) is 1.98. The number of esters is 1. The first kappa shape index (κ1) is 17.2. The largest absolute Gasteiger partial charge is 0.469 e. The summed E-state index contributed by atoms with van der Waals surface area (Å²) < 4.78 is 6.01. The topological polar surface area (TPSA) is 43.4 Å². The van der Waals surface area contributed by atoms with Gasteiger partial charge in [0.1, 0.15) is 0 Å². The number of rotatable bonds is 6. The fourth-order valence-electron chi connectivity index (χ4n) is 2.78. The number of hydrogen-bond donors (Lipinski definition) is 0. The van der Waals surface area contributed by atoms with E-state index in [-0.39, 0.29) is 18.2 Å². The zero-order valence-corrected chi connectivity index (χ0v) is 15.0. The normalized spacial score (nSPS) is 15.8. The summed E-state index contributed by atoms with van der Waals surface area (Å²) in [4.78, 5) is 24.5. The monoisotopic (exact) mass is 412 g/mol. The third-order valence-electron chi connectivity index (χ3n) is 4.04.